The Bertz CT molecular complexity index is 584. The van der Waals surface area contributed by atoms with Crippen molar-refractivity contribution in [3.05, 3.63) is 42.0 Å². The number of aromatic nitrogens is 2. The van der Waals surface area contributed by atoms with E-state index in [4.69, 9.17) is 10.6 Å². The molecule has 1 aromatic carbocycles. The molecular formula is C15H19N5O. The van der Waals surface area contributed by atoms with Crippen molar-refractivity contribution < 1.29 is 4.74 Å². The van der Waals surface area contributed by atoms with Crippen molar-refractivity contribution in [1.82, 2.24) is 15.1 Å². The molecule has 0 bridgehead atoms. The van der Waals surface area contributed by atoms with E-state index in [1.54, 1.807) is 0 Å². The van der Waals surface area contributed by atoms with E-state index in [0.717, 1.165) is 49.7 Å². The van der Waals surface area contributed by atoms with Gasteiger partial charge >= 0.3 is 0 Å². The molecule has 2 heterocycles. The van der Waals surface area contributed by atoms with E-state index in [-0.39, 0.29) is 0 Å². The SMILES string of the molecule is NNc1cc(CN2CCOCC2)c(-c2ccccc2)nn1. The number of benzene rings is 1. The van der Waals surface area contributed by atoms with Crippen molar-refractivity contribution in [2.45, 2.75) is 6.54 Å². The highest BCUT2D eigenvalue weighted by atomic mass is 16.5. The lowest BCUT2D eigenvalue weighted by molar-refractivity contribution is 0.0342. The third-order valence-corrected chi connectivity index (χ3v) is 3.57. The van der Waals surface area contributed by atoms with Crippen LogP contribution in [0.15, 0.2) is 36.4 Å². The highest BCUT2D eigenvalue weighted by Crippen LogP contribution is 2.23. The molecule has 0 radical (unpaired) electrons. The van der Waals surface area contributed by atoms with Gasteiger partial charge < -0.3 is 10.2 Å². The number of hydrogen-bond acceptors (Lipinski definition) is 6. The quantitative estimate of drug-likeness (QED) is 0.650. The van der Waals surface area contributed by atoms with Crippen molar-refractivity contribution >= 4 is 5.82 Å². The smallest absolute Gasteiger partial charge is 0.162 e. The van der Waals surface area contributed by atoms with Gasteiger partial charge in [0.15, 0.2) is 5.82 Å². The van der Waals surface area contributed by atoms with E-state index in [1.165, 1.54) is 0 Å². The summed E-state index contributed by atoms with van der Waals surface area (Å²) in [5.41, 5.74) is 5.65. The molecule has 1 saturated heterocycles. The highest BCUT2D eigenvalue weighted by Gasteiger charge is 2.15. The van der Waals surface area contributed by atoms with Gasteiger partial charge in [-0.3, -0.25) is 4.90 Å². The van der Waals surface area contributed by atoms with Crippen molar-refractivity contribution in [1.29, 1.82) is 0 Å². The van der Waals surface area contributed by atoms with Crippen LogP contribution in [-0.4, -0.2) is 41.4 Å². The minimum atomic E-state index is 0.581. The summed E-state index contributed by atoms with van der Waals surface area (Å²) in [6, 6.07) is 12.1. The zero-order chi connectivity index (χ0) is 14.5. The molecule has 1 aliphatic heterocycles. The van der Waals surface area contributed by atoms with Crippen LogP contribution in [0.5, 0.6) is 0 Å². The number of nitrogen functional groups attached to an aromatic ring is 1. The maximum atomic E-state index is 5.45. The monoisotopic (exact) mass is 285 g/mol. The first-order valence-electron chi connectivity index (χ1n) is 7.05. The number of nitrogens with one attached hydrogen (secondary N) is 1. The van der Waals surface area contributed by atoms with Gasteiger partial charge in [-0.2, -0.15) is 0 Å². The van der Waals surface area contributed by atoms with E-state index in [0.29, 0.717) is 5.82 Å². The molecule has 2 aromatic rings. The minimum absolute atomic E-state index is 0.581. The molecule has 0 amide bonds. The maximum Gasteiger partial charge on any atom is 0.162 e. The summed E-state index contributed by atoms with van der Waals surface area (Å²) in [4.78, 5) is 2.35. The van der Waals surface area contributed by atoms with Crippen molar-refractivity contribution in [3.8, 4) is 11.3 Å². The lowest BCUT2D eigenvalue weighted by Gasteiger charge is -2.27. The largest absolute Gasteiger partial charge is 0.379 e. The molecule has 0 aliphatic carbocycles. The van der Waals surface area contributed by atoms with E-state index in [9.17, 15) is 0 Å². The molecular weight excluding hydrogens is 266 g/mol. The van der Waals surface area contributed by atoms with Gasteiger partial charge in [0, 0.05) is 25.2 Å². The van der Waals surface area contributed by atoms with Crippen LogP contribution < -0.4 is 11.3 Å². The third-order valence-electron chi connectivity index (χ3n) is 3.57. The van der Waals surface area contributed by atoms with Gasteiger partial charge in [-0.25, -0.2) is 5.84 Å². The van der Waals surface area contributed by atoms with Gasteiger partial charge in [0.1, 0.15) is 0 Å². The van der Waals surface area contributed by atoms with Crippen LogP contribution in [0.2, 0.25) is 0 Å². The van der Waals surface area contributed by atoms with Gasteiger partial charge in [-0.1, -0.05) is 30.3 Å². The lowest BCUT2D eigenvalue weighted by Crippen LogP contribution is -2.35. The topological polar surface area (TPSA) is 76.3 Å². The number of rotatable bonds is 4. The van der Waals surface area contributed by atoms with Crippen LogP contribution in [0.4, 0.5) is 5.82 Å². The summed E-state index contributed by atoms with van der Waals surface area (Å²) in [6.45, 7) is 4.24. The predicted molar refractivity (Wildman–Crippen MR) is 81.4 cm³/mol. The van der Waals surface area contributed by atoms with Gasteiger partial charge in [0.05, 0.1) is 18.9 Å². The van der Waals surface area contributed by atoms with E-state index < -0.39 is 0 Å². The molecule has 1 fully saturated rings. The fraction of sp³-hybridized carbons (Fsp3) is 0.333. The number of anilines is 1. The summed E-state index contributed by atoms with van der Waals surface area (Å²) in [7, 11) is 0. The maximum absolute atomic E-state index is 5.45. The Morgan fingerprint density at radius 3 is 2.62 bits per heavy atom. The second kappa shape index (κ2) is 6.62. The van der Waals surface area contributed by atoms with Crippen LogP contribution >= 0.6 is 0 Å². The Kier molecular flexibility index (Phi) is 4.40. The molecule has 110 valence electrons. The molecule has 3 N–H and O–H groups in total. The summed E-state index contributed by atoms with van der Waals surface area (Å²) in [6.07, 6.45) is 0. The van der Waals surface area contributed by atoms with Crippen molar-refractivity contribution in [2.75, 3.05) is 31.7 Å². The number of nitrogens with two attached hydrogens (primary N) is 1. The number of hydrazine groups is 1. The molecule has 6 heteroatoms. The first-order chi connectivity index (χ1) is 10.4. The first kappa shape index (κ1) is 13.9. The van der Waals surface area contributed by atoms with Gasteiger partial charge in [0.25, 0.3) is 0 Å². The fourth-order valence-electron chi connectivity index (χ4n) is 2.46. The Morgan fingerprint density at radius 1 is 1.14 bits per heavy atom. The van der Waals surface area contributed by atoms with Crippen LogP contribution in [0.3, 0.4) is 0 Å². The second-order valence-electron chi connectivity index (χ2n) is 5.00. The van der Waals surface area contributed by atoms with Crippen molar-refractivity contribution in [2.24, 2.45) is 5.84 Å². The number of nitrogens with zero attached hydrogens (tertiary/aromatic N) is 3. The summed E-state index contributed by atoms with van der Waals surface area (Å²) < 4.78 is 5.40. The first-order valence-corrected chi connectivity index (χ1v) is 7.05. The number of ether oxygens (including phenoxy) is 1. The summed E-state index contributed by atoms with van der Waals surface area (Å²) >= 11 is 0. The zero-order valence-electron chi connectivity index (χ0n) is 11.8. The fourth-order valence-corrected chi connectivity index (χ4v) is 2.46. The molecule has 0 spiro atoms. The van der Waals surface area contributed by atoms with Crippen LogP contribution in [-0.2, 0) is 11.3 Å². The van der Waals surface area contributed by atoms with E-state index in [1.807, 2.05) is 36.4 Å². The van der Waals surface area contributed by atoms with Crippen LogP contribution in [0, 0.1) is 0 Å². The minimum Gasteiger partial charge on any atom is -0.379 e. The molecule has 0 saturated carbocycles. The molecule has 1 aliphatic rings. The van der Waals surface area contributed by atoms with Crippen molar-refractivity contribution in [3.63, 3.8) is 0 Å². The molecule has 1 aromatic heterocycles. The Labute approximate surface area is 123 Å². The van der Waals surface area contributed by atoms with Gasteiger partial charge in [-0.05, 0) is 11.6 Å². The highest BCUT2D eigenvalue weighted by molar-refractivity contribution is 5.63. The zero-order valence-corrected chi connectivity index (χ0v) is 11.8. The summed E-state index contributed by atoms with van der Waals surface area (Å²) in [5, 5.41) is 8.43. The summed E-state index contributed by atoms with van der Waals surface area (Å²) in [5.74, 6) is 6.04. The molecule has 3 rings (SSSR count). The molecule has 21 heavy (non-hydrogen) atoms. The number of morpholine rings is 1. The normalized spacial score (nSPS) is 15.9. The van der Waals surface area contributed by atoms with E-state index in [2.05, 4.69) is 20.5 Å². The molecule has 0 unspecified atom stereocenters. The molecule has 0 atom stereocenters. The Balaban J connectivity index is 1.91. The number of hydrogen-bond donors (Lipinski definition) is 2. The third kappa shape index (κ3) is 3.36. The average Bonchev–Trinajstić information content (AvgIpc) is 2.56. The lowest BCUT2D eigenvalue weighted by atomic mass is 10.1. The van der Waals surface area contributed by atoms with Crippen LogP contribution in [0.1, 0.15) is 5.56 Å². The second-order valence-corrected chi connectivity index (χ2v) is 5.00. The molecule has 6 nitrogen and oxygen atoms in total. The van der Waals surface area contributed by atoms with Gasteiger partial charge in [0.2, 0.25) is 0 Å². The predicted octanol–water partition coefficient (Wildman–Crippen LogP) is 1.26. The Hall–Kier alpha value is -2.02. The van der Waals surface area contributed by atoms with Crippen LogP contribution in [0.25, 0.3) is 11.3 Å². The standard InChI is InChI=1S/C15H19N5O/c16-17-14-10-13(11-20-6-8-21-9-7-20)15(19-18-14)12-4-2-1-3-5-12/h1-5,10H,6-9,11,16H2,(H,17,18). The Morgan fingerprint density at radius 2 is 1.90 bits per heavy atom. The van der Waals surface area contributed by atoms with Gasteiger partial charge in [-0.15, -0.1) is 10.2 Å². The van der Waals surface area contributed by atoms with E-state index >= 15 is 0 Å². The average molecular weight is 285 g/mol.